The number of aromatic nitrogens is 2. The van der Waals surface area contributed by atoms with Gasteiger partial charge in [0.15, 0.2) is 0 Å². The molecule has 0 radical (unpaired) electrons. The quantitative estimate of drug-likeness (QED) is 0.932. The first-order valence-electron chi connectivity index (χ1n) is 4.96. The number of hydrogen-bond donors (Lipinski definition) is 1. The molecule has 0 aliphatic carbocycles. The van der Waals surface area contributed by atoms with Crippen LogP contribution in [0.3, 0.4) is 0 Å². The van der Waals surface area contributed by atoms with Gasteiger partial charge in [0.2, 0.25) is 0 Å². The Balaban J connectivity index is 2.69. The van der Waals surface area contributed by atoms with Gasteiger partial charge in [-0.1, -0.05) is 0 Å². The molecule has 0 aliphatic rings. The molecule has 0 unspecified atom stereocenters. The standard InChI is InChI=1S/C10H16BrN3OS/c1-7(14-16(15)10(2,3)4)8-5-13-9(11)6-12-8/h5-7,14H,1-4H3/t7-,16+/m0/s1. The minimum Gasteiger partial charge on any atom is -0.255 e. The summed E-state index contributed by atoms with van der Waals surface area (Å²) in [5.74, 6) is 0. The van der Waals surface area contributed by atoms with Gasteiger partial charge in [0.25, 0.3) is 0 Å². The fraction of sp³-hybridized carbons (Fsp3) is 0.600. The predicted molar refractivity (Wildman–Crippen MR) is 69.2 cm³/mol. The van der Waals surface area contributed by atoms with Crippen molar-refractivity contribution in [1.29, 1.82) is 0 Å². The van der Waals surface area contributed by atoms with Crippen molar-refractivity contribution in [1.82, 2.24) is 14.7 Å². The van der Waals surface area contributed by atoms with Crippen LogP contribution in [-0.2, 0) is 11.0 Å². The third-order valence-electron chi connectivity index (χ3n) is 1.92. The molecule has 16 heavy (non-hydrogen) atoms. The van der Waals surface area contributed by atoms with Crippen molar-refractivity contribution in [3.8, 4) is 0 Å². The van der Waals surface area contributed by atoms with Crippen molar-refractivity contribution < 1.29 is 4.21 Å². The van der Waals surface area contributed by atoms with E-state index in [1.807, 2.05) is 27.7 Å². The molecule has 1 aromatic rings. The maximum atomic E-state index is 11.9. The van der Waals surface area contributed by atoms with Crippen molar-refractivity contribution in [3.63, 3.8) is 0 Å². The zero-order chi connectivity index (χ0) is 12.3. The first-order chi connectivity index (χ1) is 7.30. The number of nitrogens with zero attached hydrogens (tertiary/aromatic N) is 2. The van der Waals surface area contributed by atoms with E-state index >= 15 is 0 Å². The summed E-state index contributed by atoms with van der Waals surface area (Å²) >= 11 is 3.22. The molecule has 6 heteroatoms. The van der Waals surface area contributed by atoms with Gasteiger partial charge in [-0.3, -0.25) is 4.98 Å². The Morgan fingerprint density at radius 2 is 2.00 bits per heavy atom. The summed E-state index contributed by atoms with van der Waals surface area (Å²) in [5.41, 5.74) is 0.779. The van der Waals surface area contributed by atoms with E-state index in [1.165, 1.54) is 0 Å². The average Bonchev–Trinajstić information content (AvgIpc) is 2.17. The zero-order valence-electron chi connectivity index (χ0n) is 9.82. The molecule has 0 bridgehead atoms. The molecule has 0 fully saturated rings. The smallest absolute Gasteiger partial charge is 0.124 e. The maximum absolute atomic E-state index is 11.9. The summed E-state index contributed by atoms with van der Waals surface area (Å²) in [6.45, 7) is 7.70. The van der Waals surface area contributed by atoms with Crippen LogP contribution in [0.1, 0.15) is 39.4 Å². The SMILES string of the molecule is C[C@H](N[S@](=O)C(C)(C)C)c1cnc(Br)cn1. The second kappa shape index (κ2) is 5.33. The minimum atomic E-state index is -1.10. The van der Waals surface area contributed by atoms with Crippen LogP contribution in [0.4, 0.5) is 0 Å². The van der Waals surface area contributed by atoms with E-state index < -0.39 is 11.0 Å². The lowest BCUT2D eigenvalue weighted by Crippen LogP contribution is -2.35. The lowest BCUT2D eigenvalue weighted by molar-refractivity contribution is 0.610. The van der Waals surface area contributed by atoms with Gasteiger partial charge in [-0.05, 0) is 43.6 Å². The van der Waals surface area contributed by atoms with Gasteiger partial charge in [-0.2, -0.15) is 0 Å². The molecule has 2 atom stereocenters. The highest BCUT2D eigenvalue weighted by atomic mass is 79.9. The zero-order valence-corrected chi connectivity index (χ0v) is 12.2. The van der Waals surface area contributed by atoms with E-state index in [9.17, 15) is 4.21 Å². The first kappa shape index (κ1) is 13.7. The number of halogens is 1. The van der Waals surface area contributed by atoms with E-state index in [1.54, 1.807) is 12.4 Å². The van der Waals surface area contributed by atoms with Gasteiger partial charge >= 0.3 is 0 Å². The highest BCUT2D eigenvalue weighted by Crippen LogP contribution is 2.15. The van der Waals surface area contributed by atoms with Crippen LogP contribution in [0.15, 0.2) is 17.0 Å². The highest BCUT2D eigenvalue weighted by Gasteiger charge is 2.22. The fourth-order valence-electron chi connectivity index (χ4n) is 0.944. The molecule has 1 aromatic heterocycles. The Kier molecular flexibility index (Phi) is 4.58. The van der Waals surface area contributed by atoms with Gasteiger partial charge < -0.3 is 0 Å². The topological polar surface area (TPSA) is 54.9 Å². The Morgan fingerprint density at radius 1 is 1.38 bits per heavy atom. The predicted octanol–water partition coefficient (Wildman–Crippen LogP) is 2.35. The number of rotatable bonds is 3. The van der Waals surface area contributed by atoms with Crippen LogP contribution in [0.2, 0.25) is 0 Å². The molecular formula is C10H16BrN3OS. The fourth-order valence-corrected chi connectivity index (χ4v) is 1.94. The molecule has 0 aromatic carbocycles. The molecule has 0 amide bonds. The van der Waals surface area contributed by atoms with E-state index in [0.29, 0.717) is 4.60 Å². The number of hydrogen-bond acceptors (Lipinski definition) is 3. The Bertz CT molecular complexity index is 375. The van der Waals surface area contributed by atoms with Gasteiger partial charge in [-0.15, -0.1) is 0 Å². The van der Waals surface area contributed by atoms with Crippen LogP contribution in [-0.4, -0.2) is 18.9 Å². The normalized spacial score (nSPS) is 15.8. The van der Waals surface area contributed by atoms with Crippen molar-refractivity contribution in [2.45, 2.75) is 38.5 Å². The van der Waals surface area contributed by atoms with Crippen molar-refractivity contribution in [3.05, 3.63) is 22.7 Å². The van der Waals surface area contributed by atoms with E-state index in [4.69, 9.17) is 0 Å². The molecule has 0 aliphatic heterocycles. The summed E-state index contributed by atoms with van der Waals surface area (Å²) in [4.78, 5) is 8.29. The van der Waals surface area contributed by atoms with E-state index in [0.717, 1.165) is 5.69 Å². The molecule has 4 nitrogen and oxygen atoms in total. The monoisotopic (exact) mass is 305 g/mol. The van der Waals surface area contributed by atoms with Crippen LogP contribution in [0.25, 0.3) is 0 Å². The Morgan fingerprint density at radius 3 is 2.44 bits per heavy atom. The van der Waals surface area contributed by atoms with Crippen molar-refractivity contribution in [2.75, 3.05) is 0 Å². The summed E-state index contributed by atoms with van der Waals surface area (Å²) in [7, 11) is -1.10. The molecule has 0 saturated carbocycles. The second-order valence-corrected chi connectivity index (χ2v) is 7.30. The lowest BCUT2D eigenvalue weighted by Gasteiger charge is -2.21. The molecule has 0 spiro atoms. The van der Waals surface area contributed by atoms with Crippen LogP contribution in [0.5, 0.6) is 0 Å². The third kappa shape index (κ3) is 3.92. The van der Waals surface area contributed by atoms with E-state index in [2.05, 4.69) is 30.6 Å². The largest absolute Gasteiger partial charge is 0.255 e. The Labute approximate surface area is 107 Å². The summed E-state index contributed by atoms with van der Waals surface area (Å²) in [6.07, 6.45) is 3.30. The molecule has 1 N–H and O–H groups in total. The molecule has 1 rings (SSSR count). The summed E-state index contributed by atoms with van der Waals surface area (Å²) < 4.78 is 15.3. The van der Waals surface area contributed by atoms with Gasteiger partial charge in [0.1, 0.15) is 4.60 Å². The lowest BCUT2D eigenvalue weighted by atomic mass is 10.3. The third-order valence-corrected chi connectivity index (χ3v) is 4.01. The Hall–Kier alpha value is -0.330. The number of nitrogens with one attached hydrogen (secondary N) is 1. The molecular weight excluding hydrogens is 290 g/mol. The van der Waals surface area contributed by atoms with Crippen molar-refractivity contribution in [2.24, 2.45) is 0 Å². The van der Waals surface area contributed by atoms with Gasteiger partial charge in [0.05, 0.1) is 39.9 Å². The average molecular weight is 306 g/mol. The summed E-state index contributed by atoms with van der Waals surface area (Å²) in [6, 6.07) is -0.0827. The van der Waals surface area contributed by atoms with Gasteiger partial charge in [0, 0.05) is 0 Å². The van der Waals surface area contributed by atoms with Crippen molar-refractivity contribution >= 4 is 26.9 Å². The molecule has 1 heterocycles. The molecule has 90 valence electrons. The minimum absolute atomic E-state index is 0.0827. The summed E-state index contributed by atoms with van der Waals surface area (Å²) in [5, 5.41) is 0. The maximum Gasteiger partial charge on any atom is 0.124 e. The highest BCUT2D eigenvalue weighted by molar-refractivity contribution is 9.10. The van der Waals surface area contributed by atoms with Crippen LogP contribution >= 0.6 is 15.9 Å². The first-order valence-corrected chi connectivity index (χ1v) is 6.90. The van der Waals surface area contributed by atoms with Crippen LogP contribution < -0.4 is 4.72 Å². The van der Waals surface area contributed by atoms with E-state index in [-0.39, 0.29) is 10.8 Å². The molecule has 0 saturated heterocycles. The van der Waals surface area contributed by atoms with Gasteiger partial charge in [-0.25, -0.2) is 13.9 Å². The second-order valence-electron chi connectivity index (χ2n) is 4.48. The van der Waals surface area contributed by atoms with Crippen LogP contribution in [0, 0.1) is 0 Å².